The zero-order valence-electron chi connectivity index (χ0n) is 14.9. The minimum Gasteiger partial charge on any atom is -0.448 e. The van der Waals surface area contributed by atoms with Gasteiger partial charge in [-0.15, -0.1) is 0 Å². The summed E-state index contributed by atoms with van der Waals surface area (Å²) in [7, 11) is 0.500. The Bertz CT molecular complexity index is 898. The molecule has 2 aromatic rings. The summed E-state index contributed by atoms with van der Waals surface area (Å²) in [6, 6.07) is -0.390. The highest BCUT2D eigenvalue weighted by Gasteiger charge is 2.44. The van der Waals surface area contributed by atoms with Gasteiger partial charge < -0.3 is 15.5 Å². The molecule has 1 amide bonds. The molecule has 0 bridgehead atoms. The Labute approximate surface area is 156 Å². The second-order valence-corrected chi connectivity index (χ2v) is 5.85. The van der Waals surface area contributed by atoms with Crippen molar-refractivity contribution in [2.75, 3.05) is 12.5 Å². The van der Waals surface area contributed by atoms with Crippen molar-refractivity contribution >= 4 is 17.4 Å². The number of nitrogens with two attached hydrogens (primary N) is 1. The van der Waals surface area contributed by atoms with Crippen LogP contribution in [0.25, 0.3) is 0 Å². The number of aliphatic imine (C=N–C) groups is 1. The predicted octanol–water partition coefficient (Wildman–Crippen LogP) is 3.93. The van der Waals surface area contributed by atoms with Crippen LogP contribution in [0.3, 0.4) is 0 Å². The minimum absolute atomic E-state index is 0.0757. The number of nitrogens with zero attached hydrogens (tertiary/aromatic N) is 2. The molecular weight excluding hydrogens is 387 g/mol. The van der Waals surface area contributed by atoms with E-state index in [1.54, 1.807) is 0 Å². The summed E-state index contributed by atoms with van der Waals surface area (Å²) in [5.74, 6) is -6.88. The van der Waals surface area contributed by atoms with Crippen LogP contribution < -0.4 is 11.1 Å². The molecule has 1 aliphatic rings. The SMILES string of the molecule is CF.Cc1nc(C(=O)Nc2cc(F)c(F)c(C3N=C(N)CCC3(F)F)c2)co1. The Hall–Kier alpha value is -2.98. The number of alkyl halides is 3. The van der Waals surface area contributed by atoms with Crippen molar-refractivity contribution in [3.05, 3.63) is 47.2 Å². The van der Waals surface area contributed by atoms with E-state index in [1.807, 2.05) is 0 Å². The molecule has 1 aliphatic heterocycles. The summed E-state index contributed by atoms with van der Waals surface area (Å²) in [5, 5.41) is 2.26. The van der Waals surface area contributed by atoms with Gasteiger partial charge in [-0.1, -0.05) is 0 Å². The Morgan fingerprint density at radius 1 is 1.32 bits per heavy atom. The molecule has 0 saturated heterocycles. The summed E-state index contributed by atoms with van der Waals surface area (Å²) in [5.41, 5.74) is 4.47. The van der Waals surface area contributed by atoms with Gasteiger partial charge >= 0.3 is 0 Å². The smallest absolute Gasteiger partial charge is 0.277 e. The van der Waals surface area contributed by atoms with Gasteiger partial charge in [-0.3, -0.25) is 14.2 Å². The number of benzene rings is 1. The molecule has 3 rings (SSSR count). The Balaban J connectivity index is 0.00000136. The van der Waals surface area contributed by atoms with Gasteiger partial charge in [0.15, 0.2) is 23.2 Å². The van der Waals surface area contributed by atoms with Crippen LogP contribution in [0.4, 0.5) is 27.6 Å². The summed E-state index contributed by atoms with van der Waals surface area (Å²) in [4.78, 5) is 19.4. The van der Waals surface area contributed by atoms with E-state index in [2.05, 4.69) is 15.3 Å². The number of aromatic nitrogens is 1. The first kappa shape index (κ1) is 21.3. The van der Waals surface area contributed by atoms with Crippen LogP contribution in [0.2, 0.25) is 0 Å². The molecule has 0 fully saturated rings. The molecule has 0 radical (unpaired) electrons. The number of halogens is 5. The summed E-state index contributed by atoms with van der Waals surface area (Å²) in [6.45, 7) is 1.51. The lowest BCUT2D eigenvalue weighted by Gasteiger charge is -2.29. The normalized spacial score (nSPS) is 18.0. The van der Waals surface area contributed by atoms with Crippen molar-refractivity contribution in [1.82, 2.24) is 4.98 Å². The number of carbonyl (C=O) groups is 1. The number of aryl methyl sites for hydroxylation is 1. The van der Waals surface area contributed by atoms with Crippen LogP contribution in [0.5, 0.6) is 0 Å². The monoisotopic (exact) mass is 404 g/mol. The van der Waals surface area contributed by atoms with Crippen LogP contribution in [0, 0.1) is 18.6 Å². The molecule has 0 aliphatic carbocycles. The van der Waals surface area contributed by atoms with Gasteiger partial charge in [-0.05, 0) is 6.07 Å². The topological polar surface area (TPSA) is 93.5 Å². The second kappa shape index (κ2) is 8.36. The number of hydrogen-bond acceptors (Lipinski definition) is 5. The molecule has 0 saturated carbocycles. The van der Waals surface area contributed by atoms with Crippen LogP contribution in [0.1, 0.15) is 40.8 Å². The second-order valence-electron chi connectivity index (χ2n) is 5.85. The number of hydrogen-bond donors (Lipinski definition) is 2. The molecular formula is C17H17F5N4O2. The van der Waals surface area contributed by atoms with Crippen molar-refractivity contribution in [2.45, 2.75) is 31.7 Å². The number of rotatable bonds is 3. The highest BCUT2D eigenvalue weighted by atomic mass is 19.3. The molecule has 152 valence electrons. The predicted molar refractivity (Wildman–Crippen MR) is 91.1 cm³/mol. The minimum atomic E-state index is -3.40. The molecule has 6 nitrogen and oxygen atoms in total. The molecule has 1 aromatic heterocycles. The third-order valence-electron chi connectivity index (χ3n) is 3.87. The number of nitrogens with one attached hydrogen (secondary N) is 1. The quantitative estimate of drug-likeness (QED) is 0.758. The zero-order chi connectivity index (χ0) is 21.1. The van der Waals surface area contributed by atoms with Crippen molar-refractivity contribution in [3.63, 3.8) is 0 Å². The highest BCUT2D eigenvalue weighted by molar-refractivity contribution is 6.02. The summed E-state index contributed by atoms with van der Waals surface area (Å²) >= 11 is 0. The van der Waals surface area contributed by atoms with Crippen LogP contribution >= 0.6 is 0 Å². The fraction of sp³-hybridized carbons (Fsp3) is 0.353. The first-order chi connectivity index (χ1) is 13.2. The van der Waals surface area contributed by atoms with E-state index < -0.39 is 41.5 Å². The lowest BCUT2D eigenvalue weighted by Crippen LogP contribution is -2.34. The van der Waals surface area contributed by atoms with E-state index in [0.29, 0.717) is 13.2 Å². The maximum Gasteiger partial charge on any atom is 0.277 e. The van der Waals surface area contributed by atoms with Gasteiger partial charge in [-0.2, -0.15) is 0 Å². The lowest BCUT2D eigenvalue weighted by atomic mass is 9.93. The lowest BCUT2D eigenvalue weighted by molar-refractivity contribution is -0.0371. The standard InChI is InChI=1S/C16H14F4N4O2.CH3F/c1-7-22-11(6-26-7)15(25)23-8-4-9(13(18)10(17)5-8)14-16(19,20)3-2-12(21)24-14;1-2/h4-6,14H,2-3H2,1H3,(H2,21,24)(H,23,25);1H3. The van der Waals surface area contributed by atoms with E-state index in [0.717, 1.165) is 12.3 Å². The maximum atomic E-state index is 14.1. The molecule has 2 heterocycles. The van der Waals surface area contributed by atoms with Crippen molar-refractivity contribution in [3.8, 4) is 0 Å². The summed E-state index contributed by atoms with van der Waals surface area (Å²) in [6.07, 6.45) is 0.296. The molecule has 1 unspecified atom stereocenters. The number of amides is 1. The third kappa shape index (κ3) is 4.46. The van der Waals surface area contributed by atoms with Gasteiger partial charge in [0.25, 0.3) is 11.8 Å². The molecule has 28 heavy (non-hydrogen) atoms. The van der Waals surface area contributed by atoms with E-state index in [1.165, 1.54) is 6.92 Å². The van der Waals surface area contributed by atoms with Crippen LogP contribution in [0.15, 0.2) is 27.8 Å². The van der Waals surface area contributed by atoms with Gasteiger partial charge in [0.05, 0.1) is 13.0 Å². The Morgan fingerprint density at radius 3 is 2.61 bits per heavy atom. The van der Waals surface area contributed by atoms with E-state index in [9.17, 15) is 26.7 Å². The fourth-order valence-electron chi connectivity index (χ4n) is 2.60. The van der Waals surface area contributed by atoms with Crippen molar-refractivity contribution in [2.24, 2.45) is 10.7 Å². The summed E-state index contributed by atoms with van der Waals surface area (Å²) < 4.78 is 70.7. The largest absolute Gasteiger partial charge is 0.448 e. The molecule has 1 atom stereocenters. The molecule has 1 aromatic carbocycles. The first-order valence-corrected chi connectivity index (χ1v) is 7.97. The average molecular weight is 404 g/mol. The van der Waals surface area contributed by atoms with Gasteiger partial charge in [-0.25, -0.2) is 22.5 Å². The van der Waals surface area contributed by atoms with E-state index >= 15 is 0 Å². The first-order valence-electron chi connectivity index (χ1n) is 7.97. The van der Waals surface area contributed by atoms with Gasteiger partial charge in [0.2, 0.25) is 0 Å². The third-order valence-corrected chi connectivity index (χ3v) is 3.87. The molecule has 11 heteroatoms. The Kier molecular flexibility index (Phi) is 6.37. The maximum absolute atomic E-state index is 14.1. The van der Waals surface area contributed by atoms with Gasteiger partial charge in [0.1, 0.15) is 12.3 Å². The van der Waals surface area contributed by atoms with Crippen LogP contribution in [-0.4, -0.2) is 29.8 Å². The van der Waals surface area contributed by atoms with E-state index in [4.69, 9.17) is 10.2 Å². The van der Waals surface area contributed by atoms with Crippen LogP contribution in [-0.2, 0) is 0 Å². The van der Waals surface area contributed by atoms with E-state index in [-0.39, 0.29) is 29.5 Å². The highest BCUT2D eigenvalue weighted by Crippen LogP contribution is 2.43. The zero-order valence-corrected chi connectivity index (χ0v) is 14.9. The number of amidine groups is 1. The molecule has 0 spiro atoms. The van der Waals surface area contributed by atoms with Crippen molar-refractivity contribution < 1.29 is 31.2 Å². The fourth-order valence-corrected chi connectivity index (χ4v) is 2.60. The average Bonchev–Trinajstić information content (AvgIpc) is 3.08. The number of anilines is 1. The number of carbonyl (C=O) groups excluding carboxylic acids is 1. The van der Waals surface area contributed by atoms with Crippen molar-refractivity contribution in [1.29, 1.82) is 0 Å². The Morgan fingerprint density at radius 2 is 2.00 bits per heavy atom. The van der Waals surface area contributed by atoms with Gasteiger partial charge in [0, 0.05) is 37.1 Å². The molecule has 3 N–H and O–H groups in total. The number of oxazole rings is 1.